The lowest BCUT2D eigenvalue weighted by atomic mass is 10.2. The summed E-state index contributed by atoms with van der Waals surface area (Å²) in [5.41, 5.74) is 2.14. The maximum absolute atomic E-state index is 4.51. The first kappa shape index (κ1) is 11.4. The highest BCUT2D eigenvalue weighted by molar-refractivity contribution is 8.00. The van der Waals surface area contributed by atoms with Crippen molar-refractivity contribution in [3.63, 3.8) is 0 Å². The summed E-state index contributed by atoms with van der Waals surface area (Å²) in [6, 6.07) is 18.2. The number of hydrogen-bond donors (Lipinski definition) is 0. The van der Waals surface area contributed by atoms with Gasteiger partial charge in [0.05, 0.1) is 10.2 Å². The zero-order valence-corrected chi connectivity index (χ0v) is 11.1. The number of thiazole rings is 1. The second kappa shape index (κ2) is 5.33. The standard InChI is InChI=1S/C14H10N2S2/c1-2-6-11(7-3-1)10-15-18-14-16-12-8-4-5-9-13(12)17-14/h1-10H/b15-10+. The van der Waals surface area contributed by atoms with Crippen LogP contribution in [0, 0.1) is 0 Å². The number of hydrogen-bond acceptors (Lipinski definition) is 4. The molecule has 88 valence electrons. The zero-order chi connectivity index (χ0) is 12.2. The number of benzene rings is 2. The van der Waals surface area contributed by atoms with E-state index >= 15 is 0 Å². The second-order valence-electron chi connectivity index (χ2n) is 3.68. The van der Waals surface area contributed by atoms with Crippen molar-refractivity contribution in [1.82, 2.24) is 4.98 Å². The van der Waals surface area contributed by atoms with Crippen molar-refractivity contribution in [3.05, 3.63) is 60.2 Å². The molecule has 2 nitrogen and oxygen atoms in total. The SMILES string of the molecule is C(=N\Sc1nc2ccccc2s1)/c1ccccc1. The first-order valence-corrected chi connectivity index (χ1v) is 7.12. The van der Waals surface area contributed by atoms with Crippen LogP contribution in [-0.2, 0) is 0 Å². The fourth-order valence-corrected chi connectivity index (χ4v) is 3.21. The molecule has 0 atom stereocenters. The molecular formula is C14H10N2S2. The summed E-state index contributed by atoms with van der Waals surface area (Å²) in [6.45, 7) is 0. The third-order valence-corrected chi connectivity index (χ3v) is 4.17. The number of aromatic nitrogens is 1. The van der Waals surface area contributed by atoms with Crippen LogP contribution >= 0.6 is 23.3 Å². The number of rotatable bonds is 3. The van der Waals surface area contributed by atoms with Crippen LogP contribution in [0.3, 0.4) is 0 Å². The Morgan fingerprint density at radius 2 is 1.78 bits per heavy atom. The Hall–Kier alpha value is -1.65. The van der Waals surface area contributed by atoms with Crippen LogP contribution in [0.5, 0.6) is 0 Å². The van der Waals surface area contributed by atoms with Crippen LogP contribution in [0.15, 0.2) is 63.3 Å². The Kier molecular flexibility index (Phi) is 3.39. The van der Waals surface area contributed by atoms with Gasteiger partial charge in [-0.15, -0.1) is 11.3 Å². The lowest BCUT2D eigenvalue weighted by molar-refractivity contribution is 1.30. The summed E-state index contributed by atoms with van der Waals surface area (Å²) in [5, 5.41) is 0. The number of nitrogens with zero attached hydrogens (tertiary/aromatic N) is 2. The quantitative estimate of drug-likeness (QED) is 0.520. The molecule has 1 heterocycles. The van der Waals surface area contributed by atoms with Crippen molar-refractivity contribution in [2.45, 2.75) is 4.34 Å². The van der Waals surface area contributed by atoms with E-state index in [1.807, 2.05) is 54.7 Å². The summed E-state index contributed by atoms with van der Waals surface area (Å²) >= 11 is 3.09. The van der Waals surface area contributed by atoms with Gasteiger partial charge in [-0.3, -0.25) is 0 Å². The first-order valence-electron chi connectivity index (χ1n) is 5.53. The van der Waals surface area contributed by atoms with E-state index in [9.17, 15) is 0 Å². The van der Waals surface area contributed by atoms with E-state index in [0.29, 0.717) is 0 Å². The molecule has 0 saturated carbocycles. The summed E-state index contributed by atoms with van der Waals surface area (Å²) < 4.78 is 6.53. The number of fused-ring (bicyclic) bond motifs is 1. The van der Waals surface area contributed by atoms with E-state index in [-0.39, 0.29) is 0 Å². The third-order valence-electron chi connectivity index (χ3n) is 2.41. The Bertz CT molecular complexity index is 641. The average Bonchev–Trinajstić information content (AvgIpc) is 2.82. The molecule has 0 aliphatic rings. The molecule has 4 heteroatoms. The van der Waals surface area contributed by atoms with Crippen LogP contribution < -0.4 is 0 Å². The predicted molar refractivity (Wildman–Crippen MR) is 79.5 cm³/mol. The minimum absolute atomic E-state index is 0.975. The molecule has 1 aromatic heterocycles. The minimum Gasteiger partial charge on any atom is -0.228 e. The molecular weight excluding hydrogens is 260 g/mol. The van der Waals surface area contributed by atoms with E-state index < -0.39 is 0 Å². The maximum atomic E-state index is 4.51. The minimum atomic E-state index is 0.975. The fourth-order valence-electron chi connectivity index (χ4n) is 1.56. The molecule has 18 heavy (non-hydrogen) atoms. The lowest BCUT2D eigenvalue weighted by Gasteiger charge is -1.89. The van der Waals surface area contributed by atoms with Gasteiger partial charge in [0, 0.05) is 18.2 Å². The van der Waals surface area contributed by atoms with E-state index in [4.69, 9.17) is 0 Å². The molecule has 2 aromatic carbocycles. The van der Waals surface area contributed by atoms with Gasteiger partial charge >= 0.3 is 0 Å². The van der Waals surface area contributed by atoms with Gasteiger partial charge in [0.15, 0.2) is 4.34 Å². The van der Waals surface area contributed by atoms with Gasteiger partial charge < -0.3 is 0 Å². The van der Waals surface area contributed by atoms with E-state index in [1.54, 1.807) is 11.3 Å². The van der Waals surface area contributed by atoms with Crippen molar-refractivity contribution >= 4 is 39.7 Å². The molecule has 0 amide bonds. The van der Waals surface area contributed by atoms with Crippen molar-refractivity contribution in [2.24, 2.45) is 4.40 Å². The van der Waals surface area contributed by atoms with Gasteiger partial charge in [0.25, 0.3) is 0 Å². The predicted octanol–water partition coefficient (Wildman–Crippen LogP) is 4.42. The molecule has 3 aromatic rings. The van der Waals surface area contributed by atoms with Gasteiger partial charge in [-0.2, -0.15) is 0 Å². The Labute approximate surface area is 114 Å². The first-order chi connectivity index (χ1) is 8.92. The fraction of sp³-hybridized carbons (Fsp3) is 0. The highest BCUT2D eigenvalue weighted by Crippen LogP contribution is 2.29. The molecule has 0 unspecified atom stereocenters. The summed E-state index contributed by atoms with van der Waals surface area (Å²) in [4.78, 5) is 4.51. The monoisotopic (exact) mass is 270 g/mol. The highest BCUT2D eigenvalue weighted by Gasteiger charge is 2.02. The highest BCUT2D eigenvalue weighted by atomic mass is 32.2. The van der Waals surface area contributed by atoms with Crippen LogP contribution in [0.2, 0.25) is 0 Å². The van der Waals surface area contributed by atoms with Gasteiger partial charge in [-0.05, 0) is 17.7 Å². The van der Waals surface area contributed by atoms with Crippen molar-refractivity contribution < 1.29 is 0 Å². The molecule has 0 aliphatic heterocycles. The van der Waals surface area contributed by atoms with Gasteiger partial charge in [-0.1, -0.05) is 42.5 Å². The maximum Gasteiger partial charge on any atom is 0.173 e. The molecule has 3 rings (SSSR count). The van der Waals surface area contributed by atoms with Crippen LogP contribution in [0.25, 0.3) is 10.2 Å². The van der Waals surface area contributed by atoms with E-state index in [1.165, 1.54) is 16.6 Å². The van der Waals surface area contributed by atoms with E-state index in [2.05, 4.69) is 15.4 Å². The molecule has 0 spiro atoms. The summed E-state index contributed by atoms with van der Waals surface area (Å²) in [6.07, 6.45) is 1.86. The smallest absolute Gasteiger partial charge is 0.173 e. The Balaban J connectivity index is 1.75. The van der Waals surface area contributed by atoms with Gasteiger partial charge in [0.1, 0.15) is 0 Å². The average molecular weight is 270 g/mol. The van der Waals surface area contributed by atoms with Crippen LogP contribution in [0.4, 0.5) is 0 Å². The molecule has 0 radical (unpaired) electrons. The third kappa shape index (κ3) is 2.60. The van der Waals surface area contributed by atoms with Crippen molar-refractivity contribution in [2.75, 3.05) is 0 Å². The van der Waals surface area contributed by atoms with Crippen molar-refractivity contribution in [3.8, 4) is 0 Å². The van der Waals surface area contributed by atoms with Crippen molar-refractivity contribution in [1.29, 1.82) is 0 Å². The molecule has 0 N–H and O–H groups in total. The second-order valence-corrected chi connectivity index (χ2v) is 5.75. The normalized spacial score (nSPS) is 11.3. The van der Waals surface area contributed by atoms with Crippen LogP contribution in [-0.4, -0.2) is 11.2 Å². The summed E-state index contributed by atoms with van der Waals surface area (Å²) in [5.74, 6) is 0. The molecule has 0 saturated heterocycles. The summed E-state index contributed by atoms with van der Waals surface area (Å²) in [7, 11) is 0. The van der Waals surface area contributed by atoms with Gasteiger partial charge in [-0.25, -0.2) is 9.38 Å². The number of para-hydroxylation sites is 1. The van der Waals surface area contributed by atoms with E-state index in [0.717, 1.165) is 15.4 Å². The topological polar surface area (TPSA) is 25.2 Å². The molecule has 0 aliphatic carbocycles. The van der Waals surface area contributed by atoms with Crippen LogP contribution in [0.1, 0.15) is 5.56 Å². The Morgan fingerprint density at radius 3 is 2.61 bits per heavy atom. The zero-order valence-electron chi connectivity index (χ0n) is 9.48. The molecule has 0 bridgehead atoms. The lowest BCUT2D eigenvalue weighted by Crippen LogP contribution is -1.76. The molecule has 0 fully saturated rings. The largest absolute Gasteiger partial charge is 0.228 e. The Morgan fingerprint density at radius 1 is 1.00 bits per heavy atom. The van der Waals surface area contributed by atoms with Gasteiger partial charge in [0.2, 0.25) is 0 Å².